The van der Waals surface area contributed by atoms with Crippen LogP contribution in [0.1, 0.15) is 19.8 Å². The quantitative estimate of drug-likeness (QED) is 0.600. The Balaban J connectivity index is 2.09. The van der Waals surface area contributed by atoms with Crippen LogP contribution in [0, 0.1) is 0 Å². The van der Waals surface area contributed by atoms with E-state index in [1.807, 2.05) is 0 Å². The average Bonchev–Trinajstić information content (AvgIpc) is 2.27. The standard InChI is InChI=1S/C9H15NO2/c1-2-4-10-5-3-8(11)9(10)6-12-7-9/h2-7H2,1H3. The monoisotopic (exact) mass is 169 g/mol. The van der Waals surface area contributed by atoms with E-state index < -0.39 is 0 Å². The maximum Gasteiger partial charge on any atom is 0.159 e. The molecule has 2 aliphatic rings. The third-order valence-corrected chi connectivity index (χ3v) is 2.91. The first-order valence-corrected chi connectivity index (χ1v) is 4.66. The van der Waals surface area contributed by atoms with Crippen molar-refractivity contribution in [3.63, 3.8) is 0 Å². The van der Waals surface area contributed by atoms with Crippen molar-refractivity contribution in [2.75, 3.05) is 26.3 Å². The zero-order valence-corrected chi connectivity index (χ0v) is 7.51. The third-order valence-electron chi connectivity index (χ3n) is 2.91. The summed E-state index contributed by atoms with van der Waals surface area (Å²) in [4.78, 5) is 13.8. The number of ether oxygens (including phenoxy) is 1. The summed E-state index contributed by atoms with van der Waals surface area (Å²) in [6.07, 6.45) is 1.85. The molecule has 0 radical (unpaired) electrons. The van der Waals surface area contributed by atoms with Crippen molar-refractivity contribution in [2.24, 2.45) is 0 Å². The Kier molecular flexibility index (Phi) is 1.93. The predicted octanol–water partition coefficient (Wildman–Crippen LogP) is 0.440. The minimum absolute atomic E-state index is 0.185. The third kappa shape index (κ3) is 0.930. The number of rotatable bonds is 2. The van der Waals surface area contributed by atoms with Gasteiger partial charge in [0.1, 0.15) is 5.54 Å². The van der Waals surface area contributed by atoms with Gasteiger partial charge in [-0.2, -0.15) is 0 Å². The van der Waals surface area contributed by atoms with E-state index in [1.165, 1.54) is 0 Å². The summed E-state index contributed by atoms with van der Waals surface area (Å²) < 4.78 is 5.14. The van der Waals surface area contributed by atoms with Crippen LogP contribution in [0.5, 0.6) is 0 Å². The van der Waals surface area contributed by atoms with Crippen LogP contribution in [-0.4, -0.2) is 42.5 Å². The summed E-state index contributed by atoms with van der Waals surface area (Å²) in [5.74, 6) is 0.391. The molecule has 0 atom stereocenters. The molecule has 0 aromatic rings. The van der Waals surface area contributed by atoms with Gasteiger partial charge < -0.3 is 4.74 Å². The molecule has 68 valence electrons. The van der Waals surface area contributed by atoms with E-state index in [0.29, 0.717) is 19.0 Å². The molecule has 2 fully saturated rings. The zero-order valence-electron chi connectivity index (χ0n) is 7.51. The highest BCUT2D eigenvalue weighted by Crippen LogP contribution is 2.32. The molecule has 2 rings (SSSR count). The summed E-state index contributed by atoms with van der Waals surface area (Å²) in [5, 5.41) is 0. The lowest BCUT2D eigenvalue weighted by atomic mass is 9.92. The molecule has 0 saturated carbocycles. The molecule has 12 heavy (non-hydrogen) atoms. The van der Waals surface area contributed by atoms with Gasteiger partial charge >= 0.3 is 0 Å². The largest absolute Gasteiger partial charge is 0.376 e. The number of carbonyl (C=O) groups excluding carboxylic acids is 1. The first-order valence-electron chi connectivity index (χ1n) is 4.66. The highest BCUT2D eigenvalue weighted by molar-refractivity contribution is 5.91. The zero-order chi connectivity index (χ0) is 8.60. The van der Waals surface area contributed by atoms with Crippen molar-refractivity contribution in [2.45, 2.75) is 25.3 Å². The van der Waals surface area contributed by atoms with Gasteiger partial charge in [0.05, 0.1) is 13.2 Å². The van der Waals surface area contributed by atoms with Gasteiger partial charge in [0.15, 0.2) is 5.78 Å². The lowest BCUT2D eigenvalue weighted by Crippen LogP contribution is -2.62. The molecule has 0 N–H and O–H groups in total. The molecule has 0 amide bonds. The van der Waals surface area contributed by atoms with E-state index in [1.54, 1.807) is 0 Å². The van der Waals surface area contributed by atoms with Gasteiger partial charge in [-0.05, 0) is 13.0 Å². The van der Waals surface area contributed by atoms with Crippen LogP contribution in [0.2, 0.25) is 0 Å². The van der Waals surface area contributed by atoms with E-state index in [4.69, 9.17) is 4.74 Å². The summed E-state index contributed by atoms with van der Waals surface area (Å²) in [6, 6.07) is 0. The first kappa shape index (κ1) is 8.20. The number of Topliss-reactive ketones (excluding diaryl/α,β-unsaturated/α-hetero) is 1. The molecule has 1 spiro atoms. The lowest BCUT2D eigenvalue weighted by Gasteiger charge is -2.43. The van der Waals surface area contributed by atoms with Crippen molar-refractivity contribution < 1.29 is 9.53 Å². The Morgan fingerprint density at radius 2 is 2.33 bits per heavy atom. The van der Waals surface area contributed by atoms with E-state index in [9.17, 15) is 4.79 Å². The summed E-state index contributed by atoms with van der Waals surface area (Å²) >= 11 is 0. The van der Waals surface area contributed by atoms with Crippen molar-refractivity contribution in [3.8, 4) is 0 Å². The summed E-state index contributed by atoms with van der Waals surface area (Å²) in [5.41, 5.74) is -0.185. The average molecular weight is 169 g/mol. The molecule has 2 aliphatic heterocycles. The number of nitrogens with zero attached hydrogens (tertiary/aromatic N) is 1. The van der Waals surface area contributed by atoms with Crippen molar-refractivity contribution in [1.82, 2.24) is 4.90 Å². The Morgan fingerprint density at radius 3 is 2.83 bits per heavy atom. The molecule has 3 heteroatoms. The number of hydrogen-bond acceptors (Lipinski definition) is 3. The van der Waals surface area contributed by atoms with Crippen molar-refractivity contribution in [1.29, 1.82) is 0 Å². The molecule has 0 bridgehead atoms. The highest BCUT2D eigenvalue weighted by Gasteiger charge is 2.53. The maximum absolute atomic E-state index is 11.5. The van der Waals surface area contributed by atoms with Gasteiger partial charge in [-0.15, -0.1) is 0 Å². The van der Waals surface area contributed by atoms with Crippen LogP contribution in [0.15, 0.2) is 0 Å². The molecular formula is C9H15NO2. The smallest absolute Gasteiger partial charge is 0.159 e. The maximum atomic E-state index is 11.5. The van der Waals surface area contributed by atoms with Gasteiger partial charge in [-0.3, -0.25) is 9.69 Å². The molecule has 0 aromatic heterocycles. The molecule has 0 aromatic carbocycles. The van der Waals surface area contributed by atoms with Gasteiger partial charge in [0.25, 0.3) is 0 Å². The fraction of sp³-hybridized carbons (Fsp3) is 0.889. The minimum atomic E-state index is -0.185. The fourth-order valence-electron chi connectivity index (χ4n) is 2.09. The SMILES string of the molecule is CCCN1CCC(=O)C12COC2. The Bertz CT molecular complexity index is 199. The minimum Gasteiger partial charge on any atom is -0.376 e. The van der Waals surface area contributed by atoms with Crippen LogP contribution >= 0.6 is 0 Å². The molecular weight excluding hydrogens is 154 g/mol. The first-order chi connectivity index (χ1) is 5.79. The van der Waals surface area contributed by atoms with Crippen LogP contribution in [0.3, 0.4) is 0 Å². The second kappa shape index (κ2) is 2.82. The molecule has 2 heterocycles. The van der Waals surface area contributed by atoms with Crippen LogP contribution in [0.4, 0.5) is 0 Å². The van der Waals surface area contributed by atoms with Crippen molar-refractivity contribution in [3.05, 3.63) is 0 Å². The Hall–Kier alpha value is -0.410. The summed E-state index contributed by atoms with van der Waals surface area (Å²) in [7, 11) is 0. The predicted molar refractivity (Wildman–Crippen MR) is 45.0 cm³/mol. The lowest BCUT2D eigenvalue weighted by molar-refractivity contribution is -0.155. The number of likely N-dealkylation sites (tertiary alicyclic amines) is 1. The van der Waals surface area contributed by atoms with E-state index in [0.717, 1.165) is 25.9 Å². The van der Waals surface area contributed by atoms with Gasteiger partial charge in [0, 0.05) is 13.0 Å². The number of carbonyl (C=O) groups is 1. The summed E-state index contributed by atoms with van der Waals surface area (Å²) in [6.45, 7) is 5.39. The topological polar surface area (TPSA) is 29.5 Å². The van der Waals surface area contributed by atoms with Crippen molar-refractivity contribution >= 4 is 5.78 Å². The highest BCUT2D eigenvalue weighted by atomic mass is 16.5. The molecule has 0 unspecified atom stereocenters. The van der Waals surface area contributed by atoms with Crippen LogP contribution in [0.25, 0.3) is 0 Å². The van der Waals surface area contributed by atoms with E-state index in [2.05, 4.69) is 11.8 Å². The second-order valence-electron chi connectivity index (χ2n) is 3.68. The molecule has 3 nitrogen and oxygen atoms in total. The number of hydrogen-bond donors (Lipinski definition) is 0. The Labute approximate surface area is 72.7 Å². The van der Waals surface area contributed by atoms with E-state index in [-0.39, 0.29) is 5.54 Å². The molecule has 2 saturated heterocycles. The normalized spacial score (nSPS) is 27.9. The van der Waals surface area contributed by atoms with Gasteiger partial charge in [0.2, 0.25) is 0 Å². The van der Waals surface area contributed by atoms with Gasteiger partial charge in [-0.25, -0.2) is 0 Å². The second-order valence-corrected chi connectivity index (χ2v) is 3.68. The fourth-order valence-corrected chi connectivity index (χ4v) is 2.09. The van der Waals surface area contributed by atoms with Crippen LogP contribution in [-0.2, 0) is 9.53 Å². The Morgan fingerprint density at radius 1 is 1.58 bits per heavy atom. The van der Waals surface area contributed by atoms with E-state index >= 15 is 0 Å². The number of ketones is 1. The van der Waals surface area contributed by atoms with Gasteiger partial charge in [-0.1, -0.05) is 6.92 Å². The molecule has 0 aliphatic carbocycles. The van der Waals surface area contributed by atoms with Crippen LogP contribution < -0.4 is 0 Å².